The van der Waals surface area contributed by atoms with Gasteiger partial charge >= 0.3 is 0 Å². The Labute approximate surface area is 280 Å². The lowest BCUT2D eigenvalue weighted by Gasteiger charge is -2.26. The van der Waals surface area contributed by atoms with E-state index >= 15 is 0 Å². The van der Waals surface area contributed by atoms with Crippen LogP contribution in [0.3, 0.4) is 0 Å². The Morgan fingerprint density at radius 3 is 1.38 bits per heavy atom. The molecule has 0 amide bonds. The highest BCUT2D eigenvalue weighted by Crippen LogP contribution is 2.42. The fraction of sp³-hybridized carbons (Fsp3) is 0. The summed E-state index contributed by atoms with van der Waals surface area (Å²) in [5, 5.41) is 2.46. The second kappa shape index (κ2) is 11.8. The Morgan fingerprint density at radius 2 is 0.792 bits per heavy atom. The second-order valence-electron chi connectivity index (χ2n) is 12.2. The number of pyridine rings is 1. The average molecular weight is 613 g/mol. The standard InChI is InChI=1S/C46H32N2/c1-4-12-33(13-5-1)35-20-25-39(26-21-35)47(40-27-22-36(23-28-40)34-14-6-2-7-15-34)41-29-30-42-45(32-41)48-43-19-11-10-16-37(43)24-31-44(48)46(42)38-17-8-3-9-18-38/h1-32H. The van der Waals surface area contributed by atoms with Gasteiger partial charge in [0, 0.05) is 28.0 Å². The molecule has 7 aromatic carbocycles. The Morgan fingerprint density at radius 1 is 0.312 bits per heavy atom. The topological polar surface area (TPSA) is 7.65 Å². The first kappa shape index (κ1) is 27.9. The molecule has 0 aliphatic heterocycles. The molecule has 0 aliphatic carbocycles. The van der Waals surface area contributed by atoms with Crippen LogP contribution in [0.25, 0.3) is 60.7 Å². The molecular weight excluding hydrogens is 581 g/mol. The smallest absolute Gasteiger partial charge is 0.0562 e. The van der Waals surface area contributed by atoms with Crippen molar-refractivity contribution in [1.29, 1.82) is 0 Å². The molecule has 2 aromatic heterocycles. The first-order valence-corrected chi connectivity index (χ1v) is 16.4. The van der Waals surface area contributed by atoms with Crippen molar-refractivity contribution in [3.8, 4) is 33.4 Å². The van der Waals surface area contributed by atoms with E-state index in [2.05, 4.69) is 203 Å². The third-order valence-corrected chi connectivity index (χ3v) is 9.37. The SMILES string of the molecule is c1ccc(-c2ccc(N(c3ccc(-c4ccccc4)cc3)c3ccc4c(-c5ccccc5)c5ccc6ccccc6n5c4c3)cc2)cc1. The van der Waals surface area contributed by atoms with Gasteiger partial charge in [0.1, 0.15) is 0 Å². The molecule has 0 atom stereocenters. The summed E-state index contributed by atoms with van der Waals surface area (Å²) in [6.45, 7) is 0. The molecule has 0 saturated heterocycles. The molecule has 0 N–H and O–H groups in total. The highest BCUT2D eigenvalue weighted by molar-refractivity contribution is 6.09. The Balaban J connectivity index is 1.26. The second-order valence-corrected chi connectivity index (χ2v) is 12.2. The molecule has 0 fully saturated rings. The van der Waals surface area contributed by atoms with E-state index in [0.717, 1.165) is 17.1 Å². The van der Waals surface area contributed by atoms with Gasteiger partial charge in [-0.3, -0.25) is 0 Å². The van der Waals surface area contributed by atoms with Crippen LogP contribution in [0.5, 0.6) is 0 Å². The van der Waals surface area contributed by atoms with Crippen LogP contribution in [-0.4, -0.2) is 4.40 Å². The predicted molar refractivity (Wildman–Crippen MR) is 203 cm³/mol. The number of fused-ring (bicyclic) bond motifs is 5. The van der Waals surface area contributed by atoms with Gasteiger partial charge < -0.3 is 9.30 Å². The zero-order chi connectivity index (χ0) is 31.9. The van der Waals surface area contributed by atoms with Crippen molar-refractivity contribution in [2.24, 2.45) is 0 Å². The lowest BCUT2D eigenvalue weighted by atomic mass is 10.0. The maximum atomic E-state index is 2.44. The molecule has 0 radical (unpaired) electrons. The van der Waals surface area contributed by atoms with E-state index in [-0.39, 0.29) is 0 Å². The lowest BCUT2D eigenvalue weighted by molar-refractivity contribution is 1.28. The van der Waals surface area contributed by atoms with Crippen LogP contribution in [-0.2, 0) is 0 Å². The zero-order valence-electron chi connectivity index (χ0n) is 26.4. The number of rotatable bonds is 6. The van der Waals surface area contributed by atoms with Gasteiger partial charge in [-0.05, 0) is 81.7 Å². The van der Waals surface area contributed by atoms with Crippen molar-refractivity contribution >= 4 is 44.4 Å². The van der Waals surface area contributed by atoms with E-state index in [4.69, 9.17) is 0 Å². The summed E-state index contributed by atoms with van der Waals surface area (Å²) in [5.41, 5.74) is 14.2. The van der Waals surface area contributed by atoms with E-state index in [0.29, 0.717) is 0 Å². The number of para-hydroxylation sites is 1. The summed E-state index contributed by atoms with van der Waals surface area (Å²) in [4.78, 5) is 2.37. The van der Waals surface area contributed by atoms with Crippen LogP contribution in [0, 0.1) is 0 Å². The number of benzene rings is 7. The van der Waals surface area contributed by atoms with Gasteiger partial charge in [0.15, 0.2) is 0 Å². The van der Waals surface area contributed by atoms with Crippen LogP contribution < -0.4 is 4.90 Å². The van der Waals surface area contributed by atoms with Gasteiger partial charge in [-0.2, -0.15) is 0 Å². The fourth-order valence-corrected chi connectivity index (χ4v) is 7.08. The summed E-state index contributed by atoms with van der Waals surface area (Å²) in [6.07, 6.45) is 0. The number of anilines is 3. The van der Waals surface area contributed by atoms with Gasteiger partial charge in [0.05, 0.1) is 16.6 Å². The monoisotopic (exact) mass is 612 g/mol. The molecule has 0 saturated carbocycles. The quantitative estimate of drug-likeness (QED) is 0.181. The van der Waals surface area contributed by atoms with Crippen molar-refractivity contribution < 1.29 is 0 Å². The van der Waals surface area contributed by atoms with Crippen molar-refractivity contribution in [1.82, 2.24) is 4.40 Å². The molecule has 0 bridgehead atoms. The maximum Gasteiger partial charge on any atom is 0.0562 e. The largest absolute Gasteiger partial charge is 0.310 e. The minimum Gasteiger partial charge on any atom is -0.310 e. The Hall–Kier alpha value is -6.38. The van der Waals surface area contributed by atoms with Gasteiger partial charge in [-0.15, -0.1) is 0 Å². The number of aromatic nitrogens is 1. The molecule has 226 valence electrons. The van der Waals surface area contributed by atoms with Crippen LogP contribution in [0.1, 0.15) is 0 Å². The van der Waals surface area contributed by atoms with E-state index in [1.54, 1.807) is 0 Å². The first-order chi connectivity index (χ1) is 23.8. The summed E-state index contributed by atoms with van der Waals surface area (Å²) in [7, 11) is 0. The van der Waals surface area contributed by atoms with Crippen molar-refractivity contribution in [3.63, 3.8) is 0 Å². The lowest BCUT2D eigenvalue weighted by Crippen LogP contribution is -2.10. The van der Waals surface area contributed by atoms with E-state index in [1.807, 2.05) is 0 Å². The molecule has 0 spiro atoms. The zero-order valence-corrected chi connectivity index (χ0v) is 26.4. The molecule has 2 heteroatoms. The molecule has 0 unspecified atom stereocenters. The molecule has 2 nitrogen and oxygen atoms in total. The fourth-order valence-electron chi connectivity index (χ4n) is 7.08. The summed E-state index contributed by atoms with van der Waals surface area (Å²) < 4.78 is 2.44. The summed E-state index contributed by atoms with van der Waals surface area (Å²) in [5.74, 6) is 0. The average Bonchev–Trinajstić information content (AvgIpc) is 3.51. The molecule has 9 aromatic rings. The van der Waals surface area contributed by atoms with E-state index in [1.165, 1.54) is 60.7 Å². The molecular formula is C46H32N2. The number of nitrogens with zero attached hydrogens (tertiary/aromatic N) is 2. The van der Waals surface area contributed by atoms with Gasteiger partial charge in [-0.1, -0.05) is 146 Å². The Kier molecular flexibility index (Phi) is 6.84. The molecule has 0 aliphatic rings. The minimum atomic E-state index is 1.11. The van der Waals surface area contributed by atoms with Crippen LogP contribution >= 0.6 is 0 Å². The van der Waals surface area contributed by atoms with Crippen LogP contribution in [0.4, 0.5) is 17.1 Å². The van der Waals surface area contributed by atoms with Gasteiger partial charge in [0.25, 0.3) is 0 Å². The van der Waals surface area contributed by atoms with Crippen molar-refractivity contribution in [3.05, 3.63) is 194 Å². The predicted octanol–water partition coefficient (Wildman–Crippen LogP) is 12.7. The van der Waals surface area contributed by atoms with E-state index in [9.17, 15) is 0 Å². The molecule has 48 heavy (non-hydrogen) atoms. The molecule has 9 rings (SSSR count). The highest BCUT2D eigenvalue weighted by Gasteiger charge is 2.19. The highest BCUT2D eigenvalue weighted by atomic mass is 15.1. The number of hydrogen-bond donors (Lipinski definition) is 0. The third-order valence-electron chi connectivity index (χ3n) is 9.37. The van der Waals surface area contributed by atoms with Gasteiger partial charge in [-0.25, -0.2) is 0 Å². The summed E-state index contributed by atoms with van der Waals surface area (Å²) in [6, 6.07) is 69.9. The van der Waals surface area contributed by atoms with Crippen LogP contribution in [0.15, 0.2) is 194 Å². The Bertz CT molecular complexity index is 2430. The third kappa shape index (κ3) is 4.83. The normalized spacial score (nSPS) is 11.3. The minimum absolute atomic E-state index is 1.11. The van der Waals surface area contributed by atoms with E-state index < -0.39 is 0 Å². The number of hydrogen-bond acceptors (Lipinski definition) is 1. The first-order valence-electron chi connectivity index (χ1n) is 16.4. The van der Waals surface area contributed by atoms with Crippen molar-refractivity contribution in [2.75, 3.05) is 4.90 Å². The van der Waals surface area contributed by atoms with Crippen LogP contribution in [0.2, 0.25) is 0 Å². The van der Waals surface area contributed by atoms with Gasteiger partial charge in [0.2, 0.25) is 0 Å². The maximum absolute atomic E-state index is 2.44. The van der Waals surface area contributed by atoms with Crippen molar-refractivity contribution in [2.45, 2.75) is 0 Å². The molecule has 2 heterocycles. The summed E-state index contributed by atoms with van der Waals surface area (Å²) >= 11 is 0.